The molecule has 2 heteroatoms. The number of hydrogen-bond acceptors (Lipinski definition) is 0. The van der Waals surface area contributed by atoms with Crippen molar-refractivity contribution in [1.82, 2.24) is 4.98 Å². The third kappa shape index (κ3) is 2.34. The van der Waals surface area contributed by atoms with E-state index in [0.717, 1.165) is 24.0 Å². The van der Waals surface area contributed by atoms with Crippen LogP contribution in [0.4, 0.5) is 0 Å². The maximum absolute atomic E-state index is 3.63. The minimum Gasteiger partial charge on any atom is -0.358 e. The zero-order valence-electron chi connectivity index (χ0n) is 13.4. The van der Waals surface area contributed by atoms with Crippen molar-refractivity contribution in [2.24, 2.45) is 0 Å². The van der Waals surface area contributed by atoms with E-state index in [2.05, 4.69) is 67.5 Å². The number of hydrogen-bond donors (Lipinski definition) is 1. The summed E-state index contributed by atoms with van der Waals surface area (Å²) in [5.41, 5.74) is 7.05. The maximum Gasteiger partial charge on any atom is 0.107 e. The van der Waals surface area contributed by atoms with E-state index in [0.29, 0.717) is 0 Å². The van der Waals surface area contributed by atoms with Crippen molar-refractivity contribution < 1.29 is 4.48 Å². The molecule has 1 aliphatic heterocycles. The summed E-state index contributed by atoms with van der Waals surface area (Å²) in [6.07, 6.45) is 1.15. The second-order valence-electron chi connectivity index (χ2n) is 7.03. The van der Waals surface area contributed by atoms with Crippen LogP contribution in [0.3, 0.4) is 0 Å². The lowest BCUT2D eigenvalue weighted by Gasteiger charge is -2.38. The van der Waals surface area contributed by atoms with Crippen LogP contribution in [0.5, 0.6) is 0 Å². The van der Waals surface area contributed by atoms with Gasteiger partial charge in [-0.25, -0.2) is 0 Å². The predicted molar refractivity (Wildman–Crippen MR) is 91.6 cm³/mol. The summed E-state index contributed by atoms with van der Waals surface area (Å²) in [5.74, 6) is 0. The predicted octanol–water partition coefficient (Wildman–Crippen LogP) is 4.18. The second-order valence-corrected chi connectivity index (χ2v) is 7.03. The normalized spacial score (nSPS) is 21.0. The van der Waals surface area contributed by atoms with Gasteiger partial charge in [0.2, 0.25) is 0 Å². The third-order valence-electron chi connectivity index (χ3n) is 5.00. The molecule has 1 N–H and O–H groups in total. The Labute approximate surface area is 132 Å². The number of quaternary nitrogens is 1. The number of fused-ring (bicyclic) bond motifs is 3. The van der Waals surface area contributed by atoms with E-state index in [9.17, 15) is 0 Å². The molecule has 0 unspecified atom stereocenters. The molecule has 4 rings (SSSR count). The lowest BCUT2D eigenvalue weighted by molar-refractivity contribution is -0.937. The summed E-state index contributed by atoms with van der Waals surface area (Å²) in [6.45, 7) is 5.61. The topological polar surface area (TPSA) is 15.8 Å². The smallest absolute Gasteiger partial charge is 0.107 e. The molecule has 0 radical (unpaired) electrons. The quantitative estimate of drug-likeness (QED) is 0.682. The number of nitrogens with zero attached hydrogens (tertiary/aromatic N) is 1. The van der Waals surface area contributed by atoms with Crippen LogP contribution in [0, 0.1) is 6.92 Å². The van der Waals surface area contributed by atoms with Crippen LogP contribution in [-0.4, -0.2) is 23.1 Å². The third-order valence-corrected chi connectivity index (χ3v) is 5.00. The molecule has 0 amide bonds. The number of rotatable bonds is 2. The Morgan fingerprint density at radius 3 is 2.73 bits per heavy atom. The van der Waals surface area contributed by atoms with Gasteiger partial charge in [0.15, 0.2) is 0 Å². The summed E-state index contributed by atoms with van der Waals surface area (Å²) in [5, 5.41) is 1.42. The van der Waals surface area contributed by atoms with Crippen LogP contribution in [-0.2, 0) is 19.5 Å². The van der Waals surface area contributed by atoms with E-state index in [4.69, 9.17) is 0 Å². The van der Waals surface area contributed by atoms with Gasteiger partial charge in [-0.1, -0.05) is 42.0 Å². The van der Waals surface area contributed by atoms with Gasteiger partial charge in [-0.3, -0.25) is 0 Å². The highest BCUT2D eigenvalue weighted by molar-refractivity contribution is 5.85. The molecule has 0 spiro atoms. The van der Waals surface area contributed by atoms with E-state index in [1.807, 2.05) is 0 Å². The van der Waals surface area contributed by atoms with Gasteiger partial charge in [0.25, 0.3) is 0 Å². The molecule has 3 aromatic rings. The van der Waals surface area contributed by atoms with Gasteiger partial charge in [0.05, 0.1) is 13.6 Å². The van der Waals surface area contributed by atoms with Crippen LogP contribution in [0.15, 0.2) is 48.5 Å². The number of aryl methyl sites for hydroxylation is 1. The first-order valence-electron chi connectivity index (χ1n) is 8.11. The Hall–Kier alpha value is -2.06. The molecule has 112 valence electrons. The Balaban J connectivity index is 1.70. The van der Waals surface area contributed by atoms with Crippen molar-refractivity contribution in [3.8, 4) is 0 Å². The van der Waals surface area contributed by atoms with Crippen molar-refractivity contribution in [2.75, 3.05) is 13.6 Å². The largest absolute Gasteiger partial charge is 0.358 e. The highest BCUT2D eigenvalue weighted by atomic mass is 15.3. The molecule has 22 heavy (non-hydrogen) atoms. The summed E-state index contributed by atoms with van der Waals surface area (Å²) in [7, 11) is 2.39. The fraction of sp³-hybridized carbons (Fsp3) is 0.300. The lowest BCUT2D eigenvalue weighted by Crippen LogP contribution is -2.46. The lowest BCUT2D eigenvalue weighted by atomic mass is 10.0. The first-order chi connectivity index (χ1) is 10.6. The van der Waals surface area contributed by atoms with Gasteiger partial charge in [-0.2, -0.15) is 0 Å². The molecule has 2 nitrogen and oxygen atoms in total. The van der Waals surface area contributed by atoms with Crippen molar-refractivity contribution in [1.29, 1.82) is 0 Å². The summed E-state index contributed by atoms with van der Waals surface area (Å²) in [6, 6.07) is 17.6. The minimum absolute atomic E-state index is 1.10. The van der Waals surface area contributed by atoms with Gasteiger partial charge in [0, 0.05) is 34.1 Å². The van der Waals surface area contributed by atoms with Gasteiger partial charge >= 0.3 is 0 Å². The number of nitrogens with one attached hydrogen (secondary N) is 1. The van der Waals surface area contributed by atoms with E-state index >= 15 is 0 Å². The Kier molecular flexibility index (Phi) is 3.08. The van der Waals surface area contributed by atoms with Crippen molar-refractivity contribution in [3.63, 3.8) is 0 Å². The molecule has 1 atom stereocenters. The molecule has 2 heterocycles. The molecule has 0 bridgehead atoms. The average Bonchev–Trinajstić information content (AvgIpc) is 2.85. The fourth-order valence-electron chi connectivity index (χ4n) is 3.81. The Morgan fingerprint density at radius 2 is 1.91 bits per heavy atom. The zero-order chi connectivity index (χ0) is 15.2. The number of aromatic nitrogens is 1. The molecular weight excluding hydrogens is 268 g/mol. The number of H-pyrrole nitrogens is 1. The first kappa shape index (κ1) is 13.6. The van der Waals surface area contributed by atoms with Gasteiger partial charge in [-0.05, 0) is 19.1 Å². The Bertz CT molecular complexity index is 816. The first-order valence-corrected chi connectivity index (χ1v) is 8.11. The summed E-state index contributed by atoms with van der Waals surface area (Å²) < 4.78 is 1.10. The van der Waals surface area contributed by atoms with Gasteiger partial charge in [0.1, 0.15) is 13.1 Å². The molecule has 0 saturated heterocycles. The number of aromatic amines is 1. The maximum atomic E-state index is 3.63. The number of likely N-dealkylation sites (N-methyl/N-ethyl adjacent to an activating group) is 1. The molecule has 2 aromatic carbocycles. The van der Waals surface area contributed by atoms with Crippen LogP contribution in [0.25, 0.3) is 10.9 Å². The summed E-state index contributed by atoms with van der Waals surface area (Å²) in [4.78, 5) is 3.63. The highest BCUT2D eigenvalue weighted by Gasteiger charge is 2.31. The summed E-state index contributed by atoms with van der Waals surface area (Å²) >= 11 is 0. The molecule has 0 saturated carbocycles. The van der Waals surface area contributed by atoms with Crippen LogP contribution < -0.4 is 0 Å². The van der Waals surface area contributed by atoms with E-state index < -0.39 is 0 Å². The molecule has 1 aromatic heterocycles. The van der Waals surface area contributed by atoms with Crippen LogP contribution in [0.2, 0.25) is 0 Å². The van der Waals surface area contributed by atoms with Gasteiger partial charge < -0.3 is 9.47 Å². The van der Waals surface area contributed by atoms with E-state index in [-0.39, 0.29) is 0 Å². The van der Waals surface area contributed by atoms with E-state index in [1.165, 1.54) is 39.8 Å². The number of benzene rings is 2. The molecular formula is C20H23N2+. The standard InChI is InChI=1S/C20H23N2/c1-15-8-9-19-17(12-15)18-14-22(2,11-10-20(18)21-19)13-16-6-4-3-5-7-16/h3-9,12,21H,10-11,13-14H2,1-2H3/q+1/t22-/m1/s1. The Morgan fingerprint density at radius 1 is 1.09 bits per heavy atom. The second kappa shape index (κ2) is 4.99. The van der Waals surface area contributed by atoms with Crippen molar-refractivity contribution >= 4 is 10.9 Å². The van der Waals surface area contributed by atoms with Crippen LogP contribution >= 0.6 is 0 Å². The van der Waals surface area contributed by atoms with Gasteiger partial charge in [-0.15, -0.1) is 0 Å². The van der Waals surface area contributed by atoms with Crippen molar-refractivity contribution in [3.05, 3.63) is 70.9 Å². The van der Waals surface area contributed by atoms with Crippen molar-refractivity contribution in [2.45, 2.75) is 26.4 Å². The van der Waals surface area contributed by atoms with Crippen LogP contribution in [0.1, 0.15) is 22.4 Å². The van der Waals surface area contributed by atoms with E-state index in [1.54, 1.807) is 0 Å². The fourth-order valence-corrected chi connectivity index (χ4v) is 3.81. The molecule has 1 aliphatic rings. The SMILES string of the molecule is Cc1ccc2[nH]c3c(c2c1)C[N@@+](C)(Cc1ccccc1)CC3. The monoisotopic (exact) mass is 291 g/mol. The molecule has 0 aliphatic carbocycles. The average molecular weight is 291 g/mol. The highest BCUT2D eigenvalue weighted by Crippen LogP contribution is 2.32. The molecule has 0 fully saturated rings. The zero-order valence-corrected chi connectivity index (χ0v) is 13.4. The minimum atomic E-state index is 1.10.